The highest BCUT2D eigenvalue weighted by molar-refractivity contribution is 5.71. The minimum atomic E-state index is -0.956. The molecule has 0 aliphatic rings. The SMILES string of the molecule is CCC/C=C/C=C/C=C/CCC(=O)OC(CC(=O)O)C[N+](C)(C)C. The Morgan fingerprint density at radius 3 is 2.12 bits per heavy atom. The Kier molecular flexibility index (Phi) is 11.5. The predicted molar refractivity (Wildman–Crippen MR) is 96.6 cm³/mol. The molecule has 0 saturated carbocycles. The molecule has 0 radical (unpaired) electrons. The van der Waals surface area contributed by atoms with Crippen LogP contribution in [-0.4, -0.2) is 55.3 Å². The first kappa shape index (κ1) is 22.1. The monoisotopic (exact) mass is 338 g/mol. The number of unbranched alkanes of at least 4 members (excludes halogenated alkanes) is 1. The molecule has 0 spiro atoms. The van der Waals surface area contributed by atoms with E-state index in [1.54, 1.807) is 0 Å². The number of carboxylic acid groups (broad SMARTS) is 1. The van der Waals surface area contributed by atoms with Gasteiger partial charge in [-0.25, -0.2) is 0 Å². The number of carboxylic acids is 1. The van der Waals surface area contributed by atoms with Crippen LogP contribution in [-0.2, 0) is 14.3 Å². The number of quaternary nitrogens is 1. The maximum atomic E-state index is 11.8. The van der Waals surface area contributed by atoms with Gasteiger partial charge in [-0.05, 0) is 12.8 Å². The fourth-order valence-corrected chi connectivity index (χ4v) is 2.04. The fourth-order valence-electron chi connectivity index (χ4n) is 2.04. The van der Waals surface area contributed by atoms with E-state index in [4.69, 9.17) is 9.84 Å². The lowest BCUT2D eigenvalue weighted by Gasteiger charge is -2.28. The number of nitrogens with zero attached hydrogens (tertiary/aromatic N) is 1. The summed E-state index contributed by atoms with van der Waals surface area (Å²) in [6, 6.07) is 0. The van der Waals surface area contributed by atoms with Crippen molar-refractivity contribution in [1.29, 1.82) is 0 Å². The van der Waals surface area contributed by atoms with Crippen molar-refractivity contribution in [3.8, 4) is 0 Å². The molecule has 1 atom stereocenters. The van der Waals surface area contributed by atoms with E-state index in [-0.39, 0.29) is 18.8 Å². The van der Waals surface area contributed by atoms with Crippen molar-refractivity contribution in [2.45, 2.75) is 45.1 Å². The van der Waals surface area contributed by atoms with E-state index in [1.165, 1.54) is 0 Å². The third-order valence-electron chi connectivity index (χ3n) is 3.03. The summed E-state index contributed by atoms with van der Waals surface area (Å²) in [6.07, 6.45) is 14.1. The second-order valence-corrected chi connectivity index (χ2v) is 6.75. The smallest absolute Gasteiger partial charge is 0.307 e. The molecular formula is C19H32NO4+. The van der Waals surface area contributed by atoms with Crippen LogP contribution >= 0.6 is 0 Å². The van der Waals surface area contributed by atoms with Gasteiger partial charge >= 0.3 is 11.9 Å². The van der Waals surface area contributed by atoms with Gasteiger partial charge in [-0.3, -0.25) is 9.59 Å². The first-order valence-electron chi connectivity index (χ1n) is 8.44. The van der Waals surface area contributed by atoms with Gasteiger partial charge in [0, 0.05) is 6.42 Å². The molecule has 136 valence electrons. The van der Waals surface area contributed by atoms with E-state index in [0.717, 1.165) is 12.8 Å². The van der Waals surface area contributed by atoms with Gasteiger partial charge < -0.3 is 14.3 Å². The summed E-state index contributed by atoms with van der Waals surface area (Å²) in [4.78, 5) is 22.7. The van der Waals surface area contributed by atoms with Crippen molar-refractivity contribution in [2.75, 3.05) is 27.7 Å². The normalized spacial score (nSPS) is 13.8. The van der Waals surface area contributed by atoms with Crippen LogP contribution < -0.4 is 0 Å². The Balaban J connectivity index is 4.18. The van der Waals surface area contributed by atoms with E-state index < -0.39 is 12.1 Å². The summed E-state index contributed by atoms with van der Waals surface area (Å²) < 4.78 is 5.85. The molecule has 1 N–H and O–H groups in total. The van der Waals surface area contributed by atoms with Gasteiger partial charge in [0.15, 0.2) is 6.10 Å². The Hall–Kier alpha value is -1.88. The molecule has 0 bridgehead atoms. The van der Waals surface area contributed by atoms with Gasteiger partial charge in [0.2, 0.25) is 0 Å². The van der Waals surface area contributed by atoms with Crippen LogP contribution in [0.4, 0.5) is 0 Å². The lowest BCUT2D eigenvalue weighted by atomic mass is 10.2. The number of carbonyl (C=O) groups excluding carboxylic acids is 1. The molecule has 24 heavy (non-hydrogen) atoms. The number of rotatable bonds is 12. The lowest BCUT2D eigenvalue weighted by Crippen LogP contribution is -2.43. The quantitative estimate of drug-likeness (QED) is 0.337. The molecule has 0 fully saturated rings. The molecule has 5 nitrogen and oxygen atoms in total. The third-order valence-corrected chi connectivity index (χ3v) is 3.03. The summed E-state index contributed by atoms with van der Waals surface area (Å²) in [7, 11) is 5.81. The van der Waals surface area contributed by atoms with Crippen LogP contribution in [0.3, 0.4) is 0 Å². The number of hydrogen-bond acceptors (Lipinski definition) is 3. The molecule has 0 aromatic heterocycles. The van der Waals surface area contributed by atoms with Crippen molar-refractivity contribution in [2.24, 2.45) is 0 Å². The van der Waals surface area contributed by atoms with Crippen LogP contribution in [0.5, 0.6) is 0 Å². The molecule has 0 aliphatic carbocycles. The zero-order valence-corrected chi connectivity index (χ0v) is 15.4. The third kappa shape index (κ3) is 15.0. The van der Waals surface area contributed by atoms with Gasteiger partial charge in [0.05, 0.1) is 27.6 Å². The average molecular weight is 338 g/mol. The number of ether oxygens (including phenoxy) is 1. The molecule has 0 saturated heterocycles. The number of carbonyl (C=O) groups is 2. The Morgan fingerprint density at radius 1 is 1.04 bits per heavy atom. The van der Waals surface area contributed by atoms with Crippen molar-refractivity contribution in [3.05, 3.63) is 36.5 Å². The molecule has 0 aromatic rings. The zero-order chi connectivity index (χ0) is 18.4. The second kappa shape index (κ2) is 12.5. The van der Waals surface area contributed by atoms with Crippen molar-refractivity contribution in [1.82, 2.24) is 0 Å². The molecular weight excluding hydrogens is 306 g/mol. The largest absolute Gasteiger partial charge is 0.481 e. The molecule has 1 unspecified atom stereocenters. The van der Waals surface area contributed by atoms with Crippen LogP contribution in [0.1, 0.15) is 39.0 Å². The Bertz CT molecular complexity index is 458. The van der Waals surface area contributed by atoms with Gasteiger partial charge in [-0.2, -0.15) is 0 Å². The van der Waals surface area contributed by atoms with Crippen LogP contribution in [0, 0.1) is 0 Å². The first-order chi connectivity index (χ1) is 11.2. The Morgan fingerprint density at radius 2 is 1.62 bits per heavy atom. The van der Waals surface area contributed by atoms with Crippen molar-refractivity contribution in [3.63, 3.8) is 0 Å². The van der Waals surface area contributed by atoms with Gasteiger partial charge in [-0.15, -0.1) is 0 Å². The highest BCUT2D eigenvalue weighted by Crippen LogP contribution is 2.07. The van der Waals surface area contributed by atoms with E-state index in [0.29, 0.717) is 17.4 Å². The maximum absolute atomic E-state index is 11.8. The van der Waals surface area contributed by atoms with E-state index in [2.05, 4.69) is 13.0 Å². The molecule has 0 rings (SSSR count). The summed E-state index contributed by atoms with van der Waals surface area (Å²) in [5.41, 5.74) is 0. The lowest BCUT2D eigenvalue weighted by molar-refractivity contribution is -0.873. The summed E-state index contributed by atoms with van der Waals surface area (Å²) in [5.74, 6) is -1.31. The molecule has 0 aliphatic heterocycles. The number of aliphatic carboxylic acids is 1. The maximum Gasteiger partial charge on any atom is 0.307 e. The number of likely N-dealkylation sites (N-methyl/N-ethyl adjacent to an activating group) is 1. The minimum Gasteiger partial charge on any atom is -0.481 e. The minimum absolute atomic E-state index is 0.163. The van der Waals surface area contributed by atoms with E-state index in [1.807, 2.05) is 51.5 Å². The summed E-state index contributed by atoms with van der Waals surface area (Å²) >= 11 is 0. The molecule has 0 aromatic carbocycles. The van der Waals surface area contributed by atoms with Crippen LogP contribution in [0.15, 0.2) is 36.5 Å². The number of esters is 1. The highest BCUT2D eigenvalue weighted by Gasteiger charge is 2.24. The zero-order valence-electron chi connectivity index (χ0n) is 15.4. The van der Waals surface area contributed by atoms with Gasteiger partial charge in [0.1, 0.15) is 6.54 Å². The van der Waals surface area contributed by atoms with E-state index in [9.17, 15) is 9.59 Å². The molecule has 0 heterocycles. The highest BCUT2D eigenvalue weighted by atomic mass is 16.5. The topological polar surface area (TPSA) is 63.6 Å². The summed E-state index contributed by atoms with van der Waals surface area (Å²) in [5, 5.41) is 8.92. The standard InChI is InChI=1S/C19H31NO4/c1-5-6-7-8-9-10-11-12-13-14-19(23)24-17(15-18(21)22)16-20(2,3)4/h7-12,17H,5-6,13-16H2,1-4H3/p+1/b8-7+,10-9+,12-11+. The van der Waals surface area contributed by atoms with Gasteiger partial charge in [-0.1, -0.05) is 49.8 Å². The van der Waals surface area contributed by atoms with Gasteiger partial charge in [0.25, 0.3) is 0 Å². The number of hydrogen-bond donors (Lipinski definition) is 1. The predicted octanol–water partition coefficient (Wildman–Crippen LogP) is 3.33. The van der Waals surface area contributed by atoms with Crippen LogP contribution in [0.2, 0.25) is 0 Å². The van der Waals surface area contributed by atoms with Crippen molar-refractivity contribution >= 4 is 11.9 Å². The Labute approximate surface area is 145 Å². The first-order valence-corrected chi connectivity index (χ1v) is 8.44. The summed E-state index contributed by atoms with van der Waals surface area (Å²) in [6.45, 7) is 2.61. The molecule has 0 amide bonds. The molecule has 5 heteroatoms. The number of allylic oxidation sites excluding steroid dienone is 6. The average Bonchev–Trinajstić information content (AvgIpc) is 2.42. The van der Waals surface area contributed by atoms with Crippen molar-refractivity contribution < 1.29 is 23.9 Å². The fraction of sp³-hybridized carbons (Fsp3) is 0.579. The van der Waals surface area contributed by atoms with Crippen LogP contribution in [0.25, 0.3) is 0 Å². The van der Waals surface area contributed by atoms with E-state index >= 15 is 0 Å². The second-order valence-electron chi connectivity index (χ2n) is 6.75.